The van der Waals surface area contributed by atoms with Crippen molar-refractivity contribution in [3.8, 4) is 0 Å². The number of aromatic nitrogens is 2. The van der Waals surface area contributed by atoms with Gasteiger partial charge in [-0.15, -0.1) is 0 Å². The first kappa shape index (κ1) is 13.3. The normalized spacial score (nSPS) is 21.1. The third-order valence-corrected chi connectivity index (χ3v) is 4.28. The molecule has 0 saturated carbocycles. The summed E-state index contributed by atoms with van der Waals surface area (Å²) in [6.45, 7) is 3.54. The highest BCUT2D eigenvalue weighted by atomic mass is 79.9. The number of imidazole rings is 1. The number of hydrogen-bond acceptors (Lipinski definition) is 3. The van der Waals surface area contributed by atoms with E-state index in [1.165, 1.54) is 0 Å². The summed E-state index contributed by atoms with van der Waals surface area (Å²) >= 11 is 8.90. The maximum atomic E-state index is 5.82. The van der Waals surface area contributed by atoms with E-state index >= 15 is 0 Å². The van der Waals surface area contributed by atoms with Crippen LogP contribution < -0.4 is 0 Å². The van der Waals surface area contributed by atoms with Gasteiger partial charge < -0.3 is 19.2 Å². The van der Waals surface area contributed by atoms with Crippen LogP contribution in [0.15, 0.2) is 22.7 Å². The SMILES string of the molecule is CN1CCOC(Cn2c(=S)[nH]c3cc(Br)ccc32)C1. The summed E-state index contributed by atoms with van der Waals surface area (Å²) in [5.74, 6) is 0. The quantitative estimate of drug-likeness (QED) is 0.852. The van der Waals surface area contributed by atoms with Crippen molar-refractivity contribution in [1.29, 1.82) is 0 Å². The van der Waals surface area contributed by atoms with Crippen LogP contribution in [0.2, 0.25) is 0 Å². The predicted octanol–water partition coefficient (Wildman–Crippen LogP) is 2.79. The van der Waals surface area contributed by atoms with Gasteiger partial charge in [-0.3, -0.25) is 0 Å². The van der Waals surface area contributed by atoms with Crippen LogP contribution in [0, 0.1) is 4.77 Å². The van der Waals surface area contributed by atoms with Gasteiger partial charge in [0.2, 0.25) is 0 Å². The first-order valence-corrected chi connectivity index (χ1v) is 7.52. The third-order valence-electron chi connectivity index (χ3n) is 3.46. The van der Waals surface area contributed by atoms with Crippen LogP contribution >= 0.6 is 28.1 Å². The molecule has 102 valence electrons. The Balaban J connectivity index is 1.92. The van der Waals surface area contributed by atoms with Gasteiger partial charge >= 0.3 is 0 Å². The number of nitrogens with one attached hydrogen (secondary N) is 1. The van der Waals surface area contributed by atoms with Crippen molar-refractivity contribution in [1.82, 2.24) is 14.5 Å². The molecular weight excluding hydrogens is 326 g/mol. The van der Waals surface area contributed by atoms with Crippen molar-refractivity contribution in [3.63, 3.8) is 0 Å². The number of benzene rings is 1. The largest absolute Gasteiger partial charge is 0.374 e. The molecule has 0 aliphatic carbocycles. The molecule has 4 nitrogen and oxygen atoms in total. The van der Waals surface area contributed by atoms with Crippen LogP contribution in [0.5, 0.6) is 0 Å². The van der Waals surface area contributed by atoms with Crippen LogP contribution in [-0.4, -0.2) is 47.3 Å². The summed E-state index contributed by atoms with van der Waals surface area (Å²) in [4.78, 5) is 5.54. The average molecular weight is 342 g/mol. The molecule has 1 unspecified atom stereocenters. The summed E-state index contributed by atoms with van der Waals surface area (Å²) in [5.41, 5.74) is 2.19. The van der Waals surface area contributed by atoms with Gasteiger partial charge in [0, 0.05) is 17.6 Å². The molecule has 1 aromatic heterocycles. The molecule has 0 amide bonds. The van der Waals surface area contributed by atoms with Crippen LogP contribution in [-0.2, 0) is 11.3 Å². The van der Waals surface area contributed by atoms with Crippen molar-refractivity contribution in [2.75, 3.05) is 26.7 Å². The number of fused-ring (bicyclic) bond motifs is 1. The maximum Gasteiger partial charge on any atom is 0.178 e. The lowest BCUT2D eigenvalue weighted by atomic mass is 10.2. The number of aromatic amines is 1. The topological polar surface area (TPSA) is 33.2 Å². The summed E-state index contributed by atoms with van der Waals surface area (Å²) in [6.07, 6.45) is 0.202. The van der Waals surface area contributed by atoms with Crippen molar-refractivity contribution >= 4 is 39.2 Å². The first-order valence-electron chi connectivity index (χ1n) is 6.32. The molecule has 0 spiro atoms. The highest BCUT2D eigenvalue weighted by Crippen LogP contribution is 2.20. The number of hydrogen-bond donors (Lipinski definition) is 1. The Morgan fingerprint density at radius 1 is 1.53 bits per heavy atom. The van der Waals surface area contributed by atoms with Crippen LogP contribution in [0.3, 0.4) is 0 Å². The molecule has 19 heavy (non-hydrogen) atoms. The second kappa shape index (κ2) is 5.36. The number of morpholine rings is 1. The van der Waals surface area contributed by atoms with E-state index < -0.39 is 0 Å². The smallest absolute Gasteiger partial charge is 0.178 e. The number of likely N-dealkylation sites (N-methyl/N-ethyl adjacent to an activating group) is 1. The summed E-state index contributed by atoms with van der Waals surface area (Å²) in [5, 5.41) is 0. The van der Waals surface area contributed by atoms with Gasteiger partial charge in [-0.2, -0.15) is 0 Å². The molecule has 1 saturated heterocycles. The highest BCUT2D eigenvalue weighted by molar-refractivity contribution is 9.10. The summed E-state index contributed by atoms with van der Waals surface area (Å²) < 4.78 is 9.75. The fourth-order valence-corrected chi connectivity index (χ4v) is 3.14. The van der Waals surface area contributed by atoms with E-state index in [9.17, 15) is 0 Å². The second-order valence-electron chi connectivity index (χ2n) is 4.96. The lowest BCUT2D eigenvalue weighted by molar-refractivity contribution is -0.0271. The molecule has 1 fully saturated rings. The first-order chi connectivity index (χ1) is 9.13. The maximum absolute atomic E-state index is 5.82. The Kier molecular flexibility index (Phi) is 3.75. The van der Waals surface area contributed by atoms with E-state index in [1.807, 2.05) is 6.07 Å². The molecule has 1 aromatic carbocycles. The fraction of sp³-hybridized carbons (Fsp3) is 0.462. The Hall–Kier alpha value is -0.690. The Labute approximate surface area is 125 Å². The predicted molar refractivity (Wildman–Crippen MR) is 82.1 cm³/mol. The van der Waals surface area contributed by atoms with Crippen molar-refractivity contribution in [2.24, 2.45) is 0 Å². The van der Waals surface area contributed by atoms with Gasteiger partial charge in [0.05, 0.1) is 30.3 Å². The molecular formula is C13H16BrN3OS. The molecule has 0 radical (unpaired) electrons. The van der Waals surface area contributed by atoms with Gasteiger partial charge in [-0.1, -0.05) is 15.9 Å². The minimum Gasteiger partial charge on any atom is -0.374 e. The zero-order chi connectivity index (χ0) is 13.4. The van der Waals surface area contributed by atoms with Crippen molar-refractivity contribution in [2.45, 2.75) is 12.6 Å². The molecule has 3 rings (SSSR count). The van der Waals surface area contributed by atoms with Gasteiger partial charge in [0.15, 0.2) is 4.77 Å². The average Bonchev–Trinajstić information content (AvgIpc) is 2.65. The molecule has 1 aliphatic rings. The minimum atomic E-state index is 0.202. The van der Waals surface area contributed by atoms with Gasteiger partial charge in [-0.25, -0.2) is 0 Å². The van der Waals surface area contributed by atoms with E-state index in [-0.39, 0.29) is 6.10 Å². The van der Waals surface area contributed by atoms with E-state index in [2.05, 4.69) is 49.6 Å². The Bertz CT molecular complexity index is 651. The number of rotatable bonds is 2. The van der Waals surface area contributed by atoms with Gasteiger partial charge in [0.25, 0.3) is 0 Å². The van der Waals surface area contributed by atoms with E-state index in [0.29, 0.717) is 0 Å². The van der Waals surface area contributed by atoms with Crippen LogP contribution in [0.25, 0.3) is 11.0 Å². The minimum absolute atomic E-state index is 0.202. The van der Waals surface area contributed by atoms with Crippen LogP contribution in [0.4, 0.5) is 0 Å². The molecule has 1 N–H and O–H groups in total. The lowest BCUT2D eigenvalue weighted by Crippen LogP contribution is -2.41. The molecule has 1 atom stereocenters. The number of ether oxygens (including phenoxy) is 1. The number of nitrogens with zero attached hydrogens (tertiary/aromatic N) is 2. The fourth-order valence-electron chi connectivity index (χ4n) is 2.50. The highest BCUT2D eigenvalue weighted by Gasteiger charge is 2.19. The zero-order valence-corrected chi connectivity index (χ0v) is 13.1. The van der Waals surface area contributed by atoms with Crippen molar-refractivity contribution in [3.05, 3.63) is 27.4 Å². The third kappa shape index (κ3) is 2.76. The summed E-state index contributed by atoms with van der Waals surface area (Å²) in [6, 6.07) is 6.17. The molecule has 6 heteroatoms. The monoisotopic (exact) mass is 341 g/mol. The number of H-pyrrole nitrogens is 1. The molecule has 0 bridgehead atoms. The van der Waals surface area contributed by atoms with Gasteiger partial charge in [0.1, 0.15) is 0 Å². The van der Waals surface area contributed by atoms with Crippen molar-refractivity contribution < 1.29 is 4.74 Å². The van der Waals surface area contributed by atoms with E-state index in [0.717, 1.165) is 46.5 Å². The Morgan fingerprint density at radius 3 is 3.16 bits per heavy atom. The van der Waals surface area contributed by atoms with Gasteiger partial charge in [-0.05, 0) is 37.5 Å². The zero-order valence-electron chi connectivity index (χ0n) is 10.7. The van der Waals surface area contributed by atoms with Crippen LogP contribution in [0.1, 0.15) is 0 Å². The van der Waals surface area contributed by atoms with E-state index in [4.69, 9.17) is 17.0 Å². The molecule has 1 aliphatic heterocycles. The Morgan fingerprint density at radius 2 is 2.37 bits per heavy atom. The lowest BCUT2D eigenvalue weighted by Gasteiger charge is -2.30. The summed E-state index contributed by atoms with van der Waals surface area (Å²) in [7, 11) is 2.13. The molecule has 2 heterocycles. The standard InChI is InChI=1S/C13H16BrN3OS/c1-16-4-5-18-10(7-16)8-17-12-3-2-9(14)6-11(12)15-13(17)19/h2-3,6,10H,4-5,7-8H2,1H3,(H,15,19). The molecule has 2 aromatic rings. The number of halogens is 1. The second-order valence-corrected chi connectivity index (χ2v) is 6.26. The van der Waals surface area contributed by atoms with E-state index in [1.54, 1.807) is 0 Å².